The molecule has 0 saturated carbocycles. The summed E-state index contributed by atoms with van der Waals surface area (Å²) in [5.41, 5.74) is 2.10. The number of hydrogen-bond donors (Lipinski definition) is 1. The van der Waals surface area contributed by atoms with Gasteiger partial charge in [-0.25, -0.2) is 0 Å². The Bertz CT molecular complexity index is 353. The van der Waals surface area contributed by atoms with E-state index >= 15 is 0 Å². The van der Waals surface area contributed by atoms with Crippen LogP contribution in [0.4, 0.5) is 5.69 Å². The fraction of sp³-hybridized carbons (Fsp3) is 0.462. The van der Waals surface area contributed by atoms with Crippen molar-refractivity contribution >= 4 is 5.69 Å². The second-order valence-corrected chi connectivity index (χ2v) is 3.91. The molecule has 1 aromatic carbocycles. The highest BCUT2D eigenvalue weighted by molar-refractivity contribution is 5.45. The van der Waals surface area contributed by atoms with Gasteiger partial charge in [0.1, 0.15) is 0 Å². The number of anilines is 1. The standard InChI is InChI=1S/C13H18N2O/c1-10(11(2)16-3)15-13-6-4-12(5-7-13)8-9-14/h4-7,10-11,15H,8H2,1-3H3. The third-order valence-corrected chi connectivity index (χ3v) is 2.71. The van der Waals surface area contributed by atoms with Crippen LogP contribution in [0.3, 0.4) is 0 Å². The van der Waals surface area contributed by atoms with Gasteiger partial charge in [0, 0.05) is 18.8 Å². The van der Waals surface area contributed by atoms with Crippen LogP contribution in [-0.4, -0.2) is 19.3 Å². The van der Waals surface area contributed by atoms with E-state index in [0.29, 0.717) is 6.42 Å². The van der Waals surface area contributed by atoms with Gasteiger partial charge in [-0.1, -0.05) is 12.1 Å². The van der Waals surface area contributed by atoms with Crippen LogP contribution in [0.1, 0.15) is 19.4 Å². The van der Waals surface area contributed by atoms with E-state index < -0.39 is 0 Å². The first-order chi connectivity index (χ1) is 7.67. The molecule has 0 bridgehead atoms. The first-order valence-corrected chi connectivity index (χ1v) is 5.42. The van der Waals surface area contributed by atoms with Gasteiger partial charge in [0.2, 0.25) is 0 Å². The van der Waals surface area contributed by atoms with E-state index in [1.165, 1.54) is 0 Å². The van der Waals surface area contributed by atoms with Crippen molar-refractivity contribution in [2.75, 3.05) is 12.4 Å². The van der Waals surface area contributed by atoms with Crippen LogP contribution in [0, 0.1) is 11.3 Å². The Kier molecular flexibility index (Phi) is 4.81. The lowest BCUT2D eigenvalue weighted by molar-refractivity contribution is 0.106. The molecule has 1 rings (SSSR count). The Balaban J connectivity index is 2.58. The SMILES string of the molecule is COC(C)C(C)Nc1ccc(CC#N)cc1. The number of benzene rings is 1. The number of nitrogens with zero attached hydrogens (tertiary/aromatic N) is 1. The molecule has 2 atom stereocenters. The Morgan fingerprint density at radius 3 is 2.44 bits per heavy atom. The molecule has 0 heterocycles. The molecule has 2 unspecified atom stereocenters. The first kappa shape index (κ1) is 12.5. The van der Waals surface area contributed by atoms with Crippen molar-refractivity contribution in [3.05, 3.63) is 29.8 Å². The van der Waals surface area contributed by atoms with E-state index in [1.807, 2.05) is 31.2 Å². The van der Waals surface area contributed by atoms with Gasteiger partial charge in [-0.05, 0) is 31.5 Å². The summed E-state index contributed by atoms with van der Waals surface area (Å²) >= 11 is 0. The second kappa shape index (κ2) is 6.14. The molecule has 0 aromatic heterocycles. The van der Waals surface area contributed by atoms with Crippen molar-refractivity contribution in [2.45, 2.75) is 32.4 Å². The summed E-state index contributed by atoms with van der Waals surface area (Å²) in [6.07, 6.45) is 0.628. The number of rotatable bonds is 5. The van der Waals surface area contributed by atoms with Gasteiger partial charge in [0.25, 0.3) is 0 Å². The minimum Gasteiger partial charge on any atom is -0.380 e. The van der Waals surface area contributed by atoms with Crippen molar-refractivity contribution in [1.82, 2.24) is 0 Å². The number of ether oxygens (including phenoxy) is 1. The zero-order valence-electron chi connectivity index (χ0n) is 10.0. The lowest BCUT2D eigenvalue weighted by atomic mass is 10.1. The molecule has 3 nitrogen and oxygen atoms in total. The topological polar surface area (TPSA) is 45.0 Å². The fourth-order valence-electron chi connectivity index (χ4n) is 1.39. The number of methoxy groups -OCH3 is 1. The molecule has 0 saturated heterocycles. The summed E-state index contributed by atoms with van der Waals surface area (Å²) in [7, 11) is 1.71. The molecule has 0 spiro atoms. The third kappa shape index (κ3) is 3.56. The highest BCUT2D eigenvalue weighted by atomic mass is 16.5. The minimum atomic E-state index is 0.166. The van der Waals surface area contributed by atoms with E-state index in [1.54, 1.807) is 7.11 Å². The summed E-state index contributed by atoms with van der Waals surface area (Å²) in [4.78, 5) is 0. The minimum absolute atomic E-state index is 0.166. The molecule has 0 amide bonds. The maximum absolute atomic E-state index is 8.56. The van der Waals surface area contributed by atoms with Crippen LogP contribution in [0.2, 0.25) is 0 Å². The number of nitriles is 1. The fourth-order valence-corrected chi connectivity index (χ4v) is 1.39. The largest absolute Gasteiger partial charge is 0.380 e. The van der Waals surface area contributed by atoms with Gasteiger partial charge >= 0.3 is 0 Å². The molecule has 0 aliphatic carbocycles. The van der Waals surface area contributed by atoms with Gasteiger partial charge < -0.3 is 10.1 Å². The molecule has 86 valence electrons. The summed E-state index contributed by atoms with van der Waals surface area (Å²) in [6.45, 7) is 4.11. The molecule has 1 aromatic rings. The summed E-state index contributed by atoms with van der Waals surface area (Å²) < 4.78 is 5.24. The summed E-state index contributed by atoms with van der Waals surface area (Å²) in [6, 6.07) is 10.3. The summed E-state index contributed by atoms with van der Waals surface area (Å²) in [5.74, 6) is 0. The normalized spacial score (nSPS) is 13.9. The van der Waals surface area contributed by atoms with Crippen LogP contribution in [0.5, 0.6) is 0 Å². The molecule has 0 fully saturated rings. The van der Waals surface area contributed by atoms with Crippen molar-refractivity contribution < 1.29 is 4.74 Å². The monoisotopic (exact) mass is 218 g/mol. The van der Waals surface area contributed by atoms with Gasteiger partial charge in [0.05, 0.1) is 18.6 Å². The Morgan fingerprint density at radius 1 is 1.31 bits per heavy atom. The van der Waals surface area contributed by atoms with E-state index in [2.05, 4.69) is 18.3 Å². The van der Waals surface area contributed by atoms with Crippen LogP contribution in [0.15, 0.2) is 24.3 Å². The van der Waals surface area contributed by atoms with E-state index in [9.17, 15) is 0 Å². The molecule has 0 aliphatic rings. The highest BCUT2D eigenvalue weighted by Crippen LogP contribution is 2.12. The maximum Gasteiger partial charge on any atom is 0.0741 e. The van der Waals surface area contributed by atoms with E-state index in [-0.39, 0.29) is 12.1 Å². The van der Waals surface area contributed by atoms with Crippen LogP contribution < -0.4 is 5.32 Å². The van der Waals surface area contributed by atoms with E-state index in [4.69, 9.17) is 10.00 Å². The highest BCUT2D eigenvalue weighted by Gasteiger charge is 2.10. The quantitative estimate of drug-likeness (QED) is 0.826. The van der Waals surface area contributed by atoms with Gasteiger partial charge in [0.15, 0.2) is 0 Å². The Hall–Kier alpha value is -1.53. The molecular formula is C13H18N2O. The van der Waals surface area contributed by atoms with Gasteiger partial charge in [-0.3, -0.25) is 0 Å². The van der Waals surface area contributed by atoms with Crippen molar-refractivity contribution in [3.8, 4) is 6.07 Å². The zero-order chi connectivity index (χ0) is 12.0. The van der Waals surface area contributed by atoms with Crippen LogP contribution >= 0.6 is 0 Å². The van der Waals surface area contributed by atoms with Crippen molar-refractivity contribution in [3.63, 3.8) is 0 Å². The van der Waals surface area contributed by atoms with Crippen LogP contribution in [0.25, 0.3) is 0 Å². The Morgan fingerprint density at radius 2 is 1.94 bits per heavy atom. The summed E-state index contributed by atoms with van der Waals surface area (Å²) in [5, 5.41) is 11.9. The van der Waals surface area contributed by atoms with E-state index in [0.717, 1.165) is 11.3 Å². The maximum atomic E-state index is 8.56. The molecule has 0 radical (unpaired) electrons. The average Bonchev–Trinajstić information content (AvgIpc) is 2.31. The number of hydrogen-bond acceptors (Lipinski definition) is 3. The van der Waals surface area contributed by atoms with Crippen molar-refractivity contribution in [1.29, 1.82) is 5.26 Å². The lowest BCUT2D eigenvalue weighted by Gasteiger charge is -2.21. The number of nitrogens with one attached hydrogen (secondary N) is 1. The second-order valence-electron chi connectivity index (χ2n) is 3.91. The van der Waals surface area contributed by atoms with Gasteiger partial charge in [-0.2, -0.15) is 5.26 Å². The Labute approximate surface area is 97.0 Å². The lowest BCUT2D eigenvalue weighted by Crippen LogP contribution is -2.29. The molecular weight excluding hydrogens is 200 g/mol. The van der Waals surface area contributed by atoms with Gasteiger partial charge in [-0.15, -0.1) is 0 Å². The molecule has 16 heavy (non-hydrogen) atoms. The predicted molar refractivity (Wildman–Crippen MR) is 65.3 cm³/mol. The average molecular weight is 218 g/mol. The van der Waals surface area contributed by atoms with Crippen molar-refractivity contribution in [2.24, 2.45) is 0 Å². The third-order valence-electron chi connectivity index (χ3n) is 2.71. The smallest absolute Gasteiger partial charge is 0.0741 e. The van der Waals surface area contributed by atoms with Crippen LogP contribution in [-0.2, 0) is 11.2 Å². The zero-order valence-corrected chi connectivity index (χ0v) is 10.0. The first-order valence-electron chi connectivity index (χ1n) is 5.42. The molecule has 0 aliphatic heterocycles. The molecule has 3 heteroatoms. The predicted octanol–water partition coefficient (Wildman–Crippen LogP) is 2.59. The molecule has 1 N–H and O–H groups in total.